The number of furan rings is 1. The molecule has 3 N–H and O–H groups in total. The van der Waals surface area contributed by atoms with Crippen molar-refractivity contribution in [1.82, 2.24) is 10.3 Å². The SMILES string of the molecule is Cc1c(C(=O)N2CCN(c3ccccc3)CC2)oc2c1/C(=N/NC(N)=O)CCC2. The molecule has 2 aliphatic rings. The maximum atomic E-state index is 13.1. The van der Waals surface area contributed by atoms with Gasteiger partial charge in [-0.2, -0.15) is 5.10 Å². The number of anilines is 1. The van der Waals surface area contributed by atoms with Gasteiger partial charge in [-0.05, 0) is 31.9 Å². The maximum absolute atomic E-state index is 13.1. The van der Waals surface area contributed by atoms with Crippen LogP contribution < -0.4 is 16.1 Å². The Morgan fingerprint density at radius 3 is 2.52 bits per heavy atom. The van der Waals surface area contributed by atoms with Gasteiger partial charge in [0, 0.05) is 49.4 Å². The molecule has 4 rings (SSSR count). The fourth-order valence-corrected chi connectivity index (χ4v) is 4.06. The normalized spacial score (nSPS) is 17.9. The second-order valence-corrected chi connectivity index (χ2v) is 7.36. The summed E-state index contributed by atoms with van der Waals surface area (Å²) >= 11 is 0. The van der Waals surface area contributed by atoms with Gasteiger partial charge in [-0.3, -0.25) is 4.79 Å². The van der Waals surface area contributed by atoms with Crippen molar-refractivity contribution in [3.8, 4) is 0 Å². The van der Waals surface area contributed by atoms with Crippen LogP contribution in [0.1, 0.15) is 40.3 Å². The summed E-state index contributed by atoms with van der Waals surface area (Å²) in [6.45, 7) is 4.72. The molecule has 0 saturated carbocycles. The molecule has 0 unspecified atom stereocenters. The highest BCUT2D eigenvalue weighted by Crippen LogP contribution is 2.31. The Morgan fingerprint density at radius 2 is 1.83 bits per heavy atom. The Bertz CT molecular complexity index is 943. The van der Waals surface area contributed by atoms with Crippen LogP contribution in [0.3, 0.4) is 0 Å². The van der Waals surface area contributed by atoms with Crippen molar-refractivity contribution >= 4 is 23.3 Å². The number of primary amides is 1. The highest BCUT2D eigenvalue weighted by atomic mass is 16.4. The van der Waals surface area contributed by atoms with Gasteiger partial charge in [0.05, 0.1) is 5.71 Å². The topological polar surface area (TPSA) is 104 Å². The predicted octanol–water partition coefficient (Wildman–Crippen LogP) is 2.26. The van der Waals surface area contributed by atoms with Gasteiger partial charge in [0.25, 0.3) is 5.91 Å². The highest BCUT2D eigenvalue weighted by molar-refractivity contribution is 6.06. The van der Waals surface area contributed by atoms with Gasteiger partial charge in [0.15, 0.2) is 5.76 Å². The van der Waals surface area contributed by atoms with Gasteiger partial charge in [-0.15, -0.1) is 0 Å². The minimum Gasteiger partial charge on any atom is -0.455 e. The van der Waals surface area contributed by atoms with Crippen LogP contribution in [-0.4, -0.2) is 48.7 Å². The smallest absolute Gasteiger partial charge is 0.332 e. The first-order valence-electron chi connectivity index (χ1n) is 9.88. The molecule has 2 heterocycles. The average Bonchev–Trinajstić information content (AvgIpc) is 3.09. The van der Waals surface area contributed by atoms with Crippen molar-refractivity contribution in [2.45, 2.75) is 26.2 Å². The number of fused-ring (bicyclic) bond motifs is 1. The van der Waals surface area contributed by atoms with Crippen LogP contribution >= 0.6 is 0 Å². The molecule has 8 nitrogen and oxygen atoms in total. The number of benzene rings is 1. The van der Waals surface area contributed by atoms with Gasteiger partial charge in [0.2, 0.25) is 0 Å². The van der Waals surface area contributed by atoms with Crippen molar-refractivity contribution in [1.29, 1.82) is 0 Å². The molecule has 0 radical (unpaired) electrons. The van der Waals surface area contributed by atoms with Crippen LogP contribution in [0.25, 0.3) is 0 Å². The lowest BCUT2D eigenvalue weighted by atomic mass is 9.93. The van der Waals surface area contributed by atoms with E-state index in [4.69, 9.17) is 10.2 Å². The summed E-state index contributed by atoms with van der Waals surface area (Å²) in [6.07, 6.45) is 2.31. The number of nitrogens with one attached hydrogen (secondary N) is 1. The van der Waals surface area contributed by atoms with Gasteiger partial charge in [-0.1, -0.05) is 18.2 Å². The first kappa shape index (κ1) is 19.0. The molecule has 1 aliphatic heterocycles. The summed E-state index contributed by atoms with van der Waals surface area (Å²) in [4.78, 5) is 28.3. The lowest BCUT2D eigenvalue weighted by molar-refractivity contribution is 0.0711. The number of piperazine rings is 1. The van der Waals surface area contributed by atoms with Crippen molar-refractivity contribution in [2.24, 2.45) is 10.8 Å². The zero-order chi connectivity index (χ0) is 20.4. The van der Waals surface area contributed by atoms with Crippen LogP contribution in [0.2, 0.25) is 0 Å². The van der Waals surface area contributed by atoms with Crippen LogP contribution in [0.5, 0.6) is 0 Å². The molecule has 1 aromatic heterocycles. The van der Waals surface area contributed by atoms with E-state index in [1.165, 1.54) is 5.69 Å². The quantitative estimate of drug-likeness (QED) is 0.778. The van der Waals surface area contributed by atoms with Crippen LogP contribution in [0.4, 0.5) is 10.5 Å². The number of carbonyl (C=O) groups is 2. The van der Waals surface area contributed by atoms with Crippen molar-refractivity contribution in [2.75, 3.05) is 31.1 Å². The summed E-state index contributed by atoms with van der Waals surface area (Å²) in [6, 6.07) is 9.51. The molecule has 2 aromatic rings. The molecule has 152 valence electrons. The van der Waals surface area contributed by atoms with Crippen LogP contribution in [0.15, 0.2) is 39.9 Å². The minimum absolute atomic E-state index is 0.0909. The summed E-state index contributed by atoms with van der Waals surface area (Å²) in [5.74, 6) is 1.04. The van der Waals surface area contributed by atoms with Gasteiger partial charge in [-0.25, -0.2) is 10.2 Å². The molecule has 3 amide bonds. The molecule has 29 heavy (non-hydrogen) atoms. The van der Waals surface area contributed by atoms with Crippen LogP contribution in [0, 0.1) is 6.92 Å². The lowest BCUT2D eigenvalue weighted by Gasteiger charge is -2.35. The zero-order valence-corrected chi connectivity index (χ0v) is 16.5. The molecule has 0 bridgehead atoms. The van der Waals surface area contributed by atoms with E-state index in [1.807, 2.05) is 30.0 Å². The van der Waals surface area contributed by atoms with Crippen molar-refractivity contribution < 1.29 is 14.0 Å². The lowest BCUT2D eigenvalue weighted by Crippen LogP contribution is -2.48. The first-order chi connectivity index (χ1) is 14.0. The number of nitrogens with zero attached hydrogens (tertiary/aromatic N) is 3. The molecule has 0 atom stereocenters. The van der Waals surface area contributed by atoms with Gasteiger partial charge >= 0.3 is 6.03 Å². The van der Waals surface area contributed by atoms with Crippen molar-refractivity contribution in [3.05, 3.63) is 53.0 Å². The molecular formula is C21H25N5O3. The summed E-state index contributed by atoms with van der Waals surface area (Å²) in [5.41, 5.74) is 10.9. The number of carbonyl (C=O) groups excluding carboxylic acids is 2. The third-order valence-electron chi connectivity index (χ3n) is 5.51. The van der Waals surface area contributed by atoms with E-state index >= 15 is 0 Å². The molecular weight excluding hydrogens is 370 g/mol. The fourth-order valence-electron chi connectivity index (χ4n) is 4.06. The zero-order valence-electron chi connectivity index (χ0n) is 16.5. The van der Waals surface area contributed by atoms with E-state index in [-0.39, 0.29) is 5.91 Å². The Balaban J connectivity index is 1.50. The summed E-state index contributed by atoms with van der Waals surface area (Å²) in [5, 5.41) is 4.11. The fraction of sp³-hybridized carbons (Fsp3) is 0.381. The number of rotatable bonds is 3. The highest BCUT2D eigenvalue weighted by Gasteiger charge is 2.31. The number of nitrogens with two attached hydrogens (primary N) is 1. The number of amides is 3. The Hall–Kier alpha value is -3.29. The number of aryl methyl sites for hydroxylation is 1. The molecule has 1 saturated heterocycles. The van der Waals surface area contributed by atoms with Crippen molar-refractivity contribution in [3.63, 3.8) is 0 Å². The predicted molar refractivity (Wildman–Crippen MR) is 110 cm³/mol. The molecule has 0 spiro atoms. The average molecular weight is 395 g/mol. The number of hydrogen-bond acceptors (Lipinski definition) is 5. The third-order valence-corrected chi connectivity index (χ3v) is 5.51. The standard InChI is InChI=1S/C21H25N5O3/c1-14-18-16(23-24-21(22)28)8-5-9-17(18)29-19(14)20(27)26-12-10-25(11-13-26)15-6-3-2-4-7-15/h2-4,6-7H,5,8-13H2,1H3,(H3,22,24,28)/b23-16+. The molecule has 1 aliphatic carbocycles. The molecule has 1 aromatic carbocycles. The number of para-hydroxylation sites is 1. The Morgan fingerprint density at radius 1 is 1.10 bits per heavy atom. The third kappa shape index (κ3) is 3.83. The van der Waals surface area contributed by atoms with E-state index in [2.05, 4.69) is 27.6 Å². The summed E-state index contributed by atoms with van der Waals surface area (Å²) in [7, 11) is 0. The molecule has 8 heteroatoms. The van der Waals surface area contributed by atoms with Crippen LogP contribution in [-0.2, 0) is 6.42 Å². The summed E-state index contributed by atoms with van der Waals surface area (Å²) < 4.78 is 5.97. The molecule has 1 fully saturated rings. The maximum Gasteiger partial charge on any atom is 0.332 e. The van der Waals surface area contributed by atoms with E-state index in [0.29, 0.717) is 31.0 Å². The Kier molecular flexibility index (Phi) is 5.24. The minimum atomic E-state index is -0.710. The number of urea groups is 1. The van der Waals surface area contributed by atoms with E-state index in [9.17, 15) is 9.59 Å². The van der Waals surface area contributed by atoms with E-state index < -0.39 is 6.03 Å². The second-order valence-electron chi connectivity index (χ2n) is 7.36. The monoisotopic (exact) mass is 395 g/mol. The van der Waals surface area contributed by atoms with E-state index in [1.54, 1.807) is 0 Å². The largest absolute Gasteiger partial charge is 0.455 e. The number of hydrazone groups is 1. The first-order valence-corrected chi connectivity index (χ1v) is 9.88. The van der Waals surface area contributed by atoms with E-state index in [0.717, 1.165) is 42.8 Å². The number of hydrogen-bond donors (Lipinski definition) is 2. The van der Waals surface area contributed by atoms with Gasteiger partial charge in [0.1, 0.15) is 5.76 Å². The Labute approximate surface area is 169 Å². The second kappa shape index (κ2) is 7.98. The van der Waals surface area contributed by atoms with Gasteiger partial charge < -0.3 is 20.0 Å².